The Hall–Kier alpha value is -2.05. The number of hydrogen-bond donors (Lipinski definition) is 3. The van der Waals surface area contributed by atoms with Crippen LogP contribution in [0.25, 0.3) is 11.2 Å². The number of anilines is 1. The van der Waals surface area contributed by atoms with Gasteiger partial charge >= 0.3 is 5.69 Å². The van der Waals surface area contributed by atoms with Crippen molar-refractivity contribution in [3.8, 4) is 0 Å². The fraction of sp³-hybridized carbons (Fsp3) is 0.688. The molecule has 4 rings (SSSR count). The molecule has 0 saturated heterocycles. The van der Waals surface area contributed by atoms with Crippen molar-refractivity contribution >= 4 is 17.1 Å². The summed E-state index contributed by atoms with van der Waals surface area (Å²) in [5.74, 6) is 0.601. The molecular formula is C16H23N5O2. The van der Waals surface area contributed by atoms with Crippen molar-refractivity contribution < 1.29 is 0 Å². The van der Waals surface area contributed by atoms with Crippen molar-refractivity contribution in [1.29, 1.82) is 0 Å². The lowest BCUT2D eigenvalue weighted by atomic mass is 9.70. The zero-order valence-corrected chi connectivity index (χ0v) is 13.4. The molecule has 23 heavy (non-hydrogen) atoms. The molecule has 124 valence electrons. The van der Waals surface area contributed by atoms with E-state index in [4.69, 9.17) is 0 Å². The Morgan fingerprint density at radius 1 is 1.13 bits per heavy atom. The Balaban J connectivity index is 1.68. The Labute approximate surface area is 133 Å². The molecule has 2 aliphatic rings. The predicted octanol–water partition coefficient (Wildman–Crippen LogP) is 1.86. The van der Waals surface area contributed by atoms with Crippen LogP contribution in [0.4, 0.5) is 5.95 Å². The van der Waals surface area contributed by atoms with Crippen LogP contribution >= 0.6 is 0 Å². The maximum Gasteiger partial charge on any atom is 0.329 e. The van der Waals surface area contributed by atoms with Gasteiger partial charge in [-0.15, -0.1) is 0 Å². The number of nitrogens with zero attached hydrogens (tertiary/aromatic N) is 2. The second-order valence-electron chi connectivity index (χ2n) is 7.11. The second-order valence-corrected chi connectivity index (χ2v) is 7.11. The number of imidazole rings is 1. The van der Waals surface area contributed by atoms with E-state index in [2.05, 4.69) is 20.3 Å². The number of hydrogen-bond acceptors (Lipinski definition) is 4. The summed E-state index contributed by atoms with van der Waals surface area (Å²) in [6, 6.07) is 0.402. The summed E-state index contributed by atoms with van der Waals surface area (Å²) >= 11 is 0. The highest BCUT2D eigenvalue weighted by molar-refractivity contribution is 5.72. The third kappa shape index (κ3) is 2.29. The highest BCUT2D eigenvalue weighted by Gasteiger charge is 2.43. The number of fused-ring (bicyclic) bond motifs is 1. The van der Waals surface area contributed by atoms with Crippen molar-refractivity contribution in [2.75, 3.05) is 5.32 Å². The van der Waals surface area contributed by atoms with E-state index in [0.717, 1.165) is 6.42 Å². The van der Waals surface area contributed by atoms with Crippen LogP contribution in [0.5, 0.6) is 0 Å². The second kappa shape index (κ2) is 5.25. The molecule has 2 aliphatic carbocycles. The lowest BCUT2D eigenvalue weighted by Gasteiger charge is -2.39. The Bertz CT molecular complexity index is 840. The van der Waals surface area contributed by atoms with Crippen LogP contribution in [-0.4, -0.2) is 25.6 Å². The highest BCUT2D eigenvalue weighted by Crippen LogP contribution is 2.49. The Kier molecular flexibility index (Phi) is 3.32. The van der Waals surface area contributed by atoms with Crippen LogP contribution < -0.4 is 16.6 Å². The van der Waals surface area contributed by atoms with Gasteiger partial charge in [0.15, 0.2) is 11.2 Å². The molecule has 3 N–H and O–H groups in total. The van der Waals surface area contributed by atoms with Gasteiger partial charge in [0, 0.05) is 13.1 Å². The van der Waals surface area contributed by atoms with Crippen LogP contribution in [0.15, 0.2) is 9.59 Å². The molecule has 1 spiro atoms. The molecule has 7 nitrogen and oxygen atoms in total. The van der Waals surface area contributed by atoms with Gasteiger partial charge in [-0.2, -0.15) is 4.98 Å². The van der Waals surface area contributed by atoms with Crippen LogP contribution in [0.2, 0.25) is 0 Å². The van der Waals surface area contributed by atoms with Crippen molar-refractivity contribution in [2.45, 2.75) is 57.4 Å². The molecule has 2 heterocycles. The van der Waals surface area contributed by atoms with Crippen LogP contribution in [-0.2, 0) is 7.05 Å². The monoisotopic (exact) mass is 317 g/mol. The Morgan fingerprint density at radius 3 is 2.65 bits per heavy atom. The van der Waals surface area contributed by atoms with E-state index in [9.17, 15) is 9.59 Å². The van der Waals surface area contributed by atoms with E-state index in [1.807, 2.05) is 0 Å². The van der Waals surface area contributed by atoms with E-state index in [1.165, 1.54) is 49.5 Å². The summed E-state index contributed by atoms with van der Waals surface area (Å²) in [6.45, 7) is 0. The molecule has 2 aromatic rings. The molecule has 7 heteroatoms. The summed E-state index contributed by atoms with van der Waals surface area (Å²) in [5.41, 5.74) is 0.282. The van der Waals surface area contributed by atoms with Gasteiger partial charge in [0.05, 0.1) is 0 Å². The fourth-order valence-corrected chi connectivity index (χ4v) is 4.56. The van der Waals surface area contributed by atoms with Crippen molar-refractivity contribution in [2.24, 2.45) is 12.5 Å². The number of H-pyrrole nitrogens is 2. The summed E-state index contributed by atoms with van der Waals surface area (Å²) in [5, 5.41) is 3.53. The molecule has 0 aliphatic heterocycles. The van der Waals surface area contributed by atoms with E-state index in [1.54, 1.807) is 7.05 Å². The van der Waals surface area contributed by atoms with Gasteiger partial charge in [-0.1, -0.05) is 25.7 Å². The molecule has 1 unspecified atom stereocenters. The zero-order valence-electron chi connectivity index (χ0n) is 13.4. The predicted molar refractivity (Wildman–Crippen MR) is 88.7 cm³/mol. The molecule has 2 fully saturated rings. The first kappa shape index (κ1) is 14.5. The van der Waals surface area contributed by atoms with Crippen LogP contribution in [0, 0.1) is 5.41 Å². The fourth-order valence-electron chi connectivity index (χ4n) is 4.56. The maximum atomic E-state index is 11.9. The van der Waals surface area contributed by atoms with Gasteiger partial charge in [0.2, 0.25) is 5.95 Å². The molecule has 0 amide bonds. The average Bonchev–Trinajstić information content (AvgIpc) is 3.12. The van der Waals surface area contributed by atoms with E-state index >= 15 is 0 Å². The van der Waals surface area contributed by atoms with Gasteiger partial charge < -0.3 is 10.3 Å². The molecule has 1 atom stereocenters. The molecule has 0 aromatic carbocycles. The number of aromatic nitrogens is 4. The quantitative estimate of drug-likeness (QED) is 0.788. The van der Waals surface area contributed by atoms with Gasteiger partial charge in [0.25, 0.3) is 5.56 Å². The number of rotatable bonds is 2. The topological polar surface area (TPSA) is 95.6 Å². The number of aryl methyl sites for hydroxylation is 1. The summed E-state index contributed by atoms with van der Waals surface area (Å²) in [6.07, 6.45) is 10.2. The largest absolute Gasteiger partial charge is 0.352 e. The summed E-state index contributed by atoms with van der Waals surface area (Å²) < 4.78 is 1.36. The van der Waals surface area contributed by atoms with Crippen molar-refractivity contribution in [1.82, 2.24) is 19.5 Å². The van der Waals surface area contributed by atoms with Gasteiger partial charge in [-0.05, 0) is 31.1 Å². The standard InChI is InChI=1S/C16H23N5O2/c1-21-12-11(13(22)20-15(21)23)18-14(19-12)17-10-6-5-9-16(10)7-3-2-4-8-16/h10H,2-9H2,1H3,(H2,17,18,19)(H,20,22,23). The van der Waals surface area contributed by atoms with Crippen LogP contribution in [0.3, 0.4) is 0 Å². The SMILES string of the molecule is Cn1c(=O)[nH]c(=O)c2[nH]c(NC3CCCC34CCCCC4)nc21. The zero-order chi connectivity index (χ0) is 16.0. The number of aromatic amines is 2. The Morgan fingerprint density at radius 2 is 1.87 bits per heavy atom. The normalized spacial score (nSPS) is 23.6. The number of nitrogens with one attached hydrogen (secondary N) is 3. The minimum absolute atomic E-state index is 0.352. The minimum Gasteiger partial charge on any atom is -0.352 e. The smallest absolute Gasteiger partial charge is 0.329 e. The van der Waals surface area contributed by atoms with E-state index < -0.39 is 11.2 Å². The highest BCUT2D eigenvalue weighted by atomic mass is 16.2. The summed E-state index contributed by atoms with van der Waals surface area (Å²) in [7, 11) is 1.61. The first-order valence-electron chi connectivity index (χ1n) is 8.55. The molecule has 0 radical (unpaired) electrons. The lowest BCUT2D eigenvalue weighted by molar-refractivity contribution is 0.180. The van der Waals surface area contributed by atoms with E-state index in [0.29, 0.717) is 28.6 Å². The first-order valence-corrected chi connectivity index (χ1v) is 8.55. The maximum absolute atomic E-state index is 11.9. The molecule has 2 aromatic heterocycles. The summed E-state index contributed by atoms with van der Waals surface area (Å²) in [4.78, 5) is 33.4. The van der Waals surface area contributed by atoms with Crippen LogP contribution in [0.1, 0.15) is 51.4 Å². The first-order chi connectivity index (χ1) is 11.1. The minimum atomic E-state index is -0.440. The third-order valence-electron chi connectivity index (χ3n) is 5.82. The molecule has 2 saturated carbocycles. The third-order valence-corrected chi connectivity index (χ3v) is 5.82. The van der Waals surface area contributed by atoms with Crippen molar-refractivity contribution in [3.05, 3.63) is 20.8 Å². The van der Waals surface area contributed by atoms with E-state index in [-0.39, 0.29) is 0 Å². The molecular weight excluding hydrogens is 294 g/mol. The van der Waals surface area contributed by atoms with Gasteiger partial charge in [-0.3, -0.25) is 14.3 Å². The van der Waals surface area contributed by atoms with Gasteiger partial charge in [-0.25, -0.2) is 4.79 Å². The van der Waals surface area contributed by atoms with Crippen molar-refractivity contribution in [3.63, 3.8) is 0 Å². The molecule has 0 bridgehead atoms. The average molecular weight is 317 g/mol. The van der Waals surface area contributed by atoms with Gasteiger partial charge in [0.1, 0.15) is 0 Å². The lowest BCUT2D eigenvalue weighted by Crippen LogP contribution is -2.38.